The second-order valence-corrected chi connectivity index (χ2v) is 7.47. The van der Waals surface area contributed by atoms with Gasteiger partial charge in [0.2, 0.25) is 5.91 Å². The van der Waals surface area contributed by atoms with Crippen LogP contribution in [0.3, 0.4) is 0 Å². The van der Waals surface area contributed by atoms with Crippen LogP contribution in [0.15, 0.2) is 42.5 Å². The van der Waals surface area contributed by atoms with Gasteiger partial charge in [0.1, 0.15) is 17.6 Å². The minimum Gasteiger partial charge on any atom is -0.483 e. The molecule has 1 N–H and O–H groups in total. The number of halogens is 1. The molecule has 156 valence electrons. The number of aryl methyl sites for hydroxylation is 1. The number of hydrogen-bond acceptors (Lipinski definition) is 3. The molecular formula is C23H29FN2O3. The van der Waals surface area contributed by atoms with Crippen LogP contribution in [-0.4, -0.2) is 35.4 Å². The predicted molar refractivity (Wildman–Crippen MR) is 111 cm³/mol. The highest BCUT2D eigenvalue weighted by molar-refractivity contribution is 5.88. The first kappa shape index (κ1) is 22.4. The van der Waals surface area contributed by atoms with Crippen molar-refractivity contribution in [1.29, 1.82) is 0 Å². The number of nitrogens with one attached hydrogen (secondary N) is 1. The second kappa shape index (κ2) is 10.0. The van der Waals surface area contributed by atoms with Gasteiger partial charge >= 0.3 is 0 Å². The Morgan fingerprint density at radius 3 is 2.34 bits per heavy atom. The van der Waals surface area contributed by atoms with Crippen molar-refractivity contribution in [3.63, 3.8) is 0 Å². The summed E-state index contributed by atoms with van der Waals surface area (Å²) in [4.78, 5) is 26.9. The highest BCUT2D eigenvalue weighted by atomic mass is 19.1. The Bertz CT molecular complexity index is 850. The van der Waals surface area contributed by atoms with Gasteiger partial charge in [-0.25, -0.2) is 4.39 Å². The molecule has 6 heteroatoms. The van der Waals surface area contributed by atoms with Crippen molar-refractivity contribution < 1.29 is 18.7 Å². The summed E-state index contributed by atoms with van der Waals surface area (Å²) in [6.45, 7) is 9.30. The van der Waals surface area contributed by atoms with Crippen LogP contribution in [0.5, 0.6) is 5.75 Å². The maximum atomic E-state index is 13.2. The summed E-state index contributed by atoms with van der Waals surface area (Å²) in [5.41, 5.74) is 2.77. The largest absolute Gasteiger partial charge is 0.483 e. The van der Waals surface area contributed by atoms with E-state index in [0.29, 0.717) is 5.75 Å². The smallest absolute Gasteiger partial charge is 0.261 e. The average molecular weight is 400 g/mol. The molecule has 2 aromatic carbocycles. The van der Waals surface area contributed by atoms with Crippen molar-refractivity contribution in [2.24, 2.45) is 0 Å². The van der Waals surface area contributed by atoms with E-state index in [4.69, 9.17) is 4.74 Å². The molecule has 0 unspecified atom stereocenters. The van der Waals surface area contributed by atoms with Crippen molar-refractivity contribution in [2.75, 3.05) is 6.61 Å². The lowest BCUT2D eigenvalue weighted by atomic mass is 10.1. The molecule has 2 aromatic rings. The fourth-order valence-corrected chi connectivity index (χ4v) is 2.88. The van der Waals surface area contributed by atoms with E-state index >= 15 is 0 Å². The van der Waals surface area contributed by atoms with E-state index in [1.165, 1.54) is 17.0 Å². The van der Waals surface area contributed by atoms with Crippen LogP contribution in [0.25, 0.3) is 0 Å². The zero-order valence-corrected chi connectivity index (χ0v) is 17.7. The van der Waals surface area contributed by atoms with Gasteiger partial charge in [-0.05, 0) is 69.5 Å². The van der Waals surface area contributed by atoms with Gasteiger partial charge in [-0.1, -0.05) is 24.3 Å². The molecule has 0 fully saturated rings. The molecule has 0 aliphatic rings. The summed E-state index contributed by atoms with van der Waals surface area (Å²) < 4.78 is 19.0. The molecule has 5 nitrogen and oxygen atoms in total. The first-order valence-electron chi connectivity index (χ1n) is 9.72. The summed E-state index contributed by atoms with van der Waals surface area (Å²) in [5, 5.41) is 2.83. The number of ether oxygens (including phenoxy) is 1. The Balaban J connectivity index is 2.17. The monoisotopic (exact) mass is 400 g/mol. The maximum absolute atomic E-state index is 13.2. The number of carbonyl (C=O) groups excluding carboxylic acids is 2. The Kier molecular flexibility index (Phi) is 7.76. The van der Waals surface area contributed by atoms with Gasteiger partial charge in [0.15, 0.2) is 6.61 Å². The molecule has 0 heterocycles. The summed E-state index contributed by atoms with van der Waals surface area (Å²) in [6, 6.07) is 10.8. The van der Waals surface area contributed by atoms with E-state index in [9.17, 15) is 14.0 Å². The number of rotatable bonds is 8. The van der Waals surface area contributed by atoms with Crippen molar-refractivity contribution in [3.8, 4) is 5.75 Å². The van der Waals surface area contributed by atoms with Gasteiger partial charge in [-0.2, -0.15) is 0 Å². The summed E-state index contributed by atoms with van der Waals surface area (Å²) in [7, 11) is 0. The highest BCUT2D eigenvalue weighted by Crippen LogP contribution is 2.21. The number of carbonyl (C=O) groups is 2. The highest BCUT2D eigenvalue weighted by Gasteiger charge is 2.27. The van der Waals surface area contributed by atoms with Crippen molar-refractivity contribution in [3.05, 3.63) is 65.0 Å². The summed E-state index contributed by atoms with van der Waals surface area (Å²) >= 11 is 0. The molecule has 0 spiro atoms. The lowest BCUT2D eigenvalue weighted by Crippen LogP contribution is -2.50. The number of hydrogen-bond donors (Lipinski definition) is 1. The van der Waals surface area contributed by atoms with Crippen LogP contribution in [0.2, 0.25) is 0 Å². The molecular weight excluding hydrogens is 371 g/mol. The van der Waals surface area contributed by atoms with Gasteiger partial charge in [-0.15, -0.1) is 0 Å². The second-order valence-electron chi connectivity index (χ2n) is 7.47. The Morgan fingerprint density at radius 2 is 1.72 bits per heavy atom. The van der Waals surface area contributed by atoms with Gasteiger partial charge < -0.3 is 15.0 Å². The van der Waals surface area contributed by atoms with Crippen LogP contribution < -0.4 is 10.1 Å². The fourth-order valence-electron chi connectivity index (χ4n) is 2.88. The normalized spacial score (nSPS) is 11.8. The third kappa shape index (κ3) is 6.31. The third-order valence-electron chi connectivity index (χ3n) is 4.77. The molecule has 2 rings (SSSR count). The molecule has 0 aliphatic heterocycles. The topological polar surface area (TPSA) is 58.6 Å². The number of amides is 2. The van der Waals surface area contributed by atoms with Crippen molar-refractivity contribution in [1.82, 2.24) is 10.2 Å². The first-order chi connectivity index (χ1) is 13.7. The predicted octanol–water partition coefficient (Wildman–Crippen LogP) is 3.76. The standard InChI is InChI=1S/C23H29FN2O3/c1-15(2)25-23(28)18(5)26(13-19-9-11-20(24)12-10-19)22(27)14-29-21-8-6-7-16(3)17(21)4/h6-12,15,18H,13-14H2,1-5H3,(H,25,28)/t18-/m1/s1. The molecule has 0 saturated carbocycles. The Morgan fingerprint density at radius 1 is 1.07 bits per heavy atom. The first-order valence-corrected chi connectivity index (χ1v) is 9.72. The SMILES string of the molecule is Cc1cccc(OCC(=O)N(Cc2ccc(F)cc2)[C@H](C)C(=O)NC(C)C)c1C. The lowest BCUT2D eigenvalue weighted by Gasteiger charge is -2.29. The maximum Gasteiger partial charge on any atom is 0.261 e. The quantitative estimate of drug-likeness (QED) is 0.734. The average Bonchev–Trinajstić information content (AvgIpc) is 2.67. The van der Waals surface area contributed by atoms with E-state index in [1.54, 1.807) is 19.1 Å². The Hall–Kier alpha value is -2.89. The minimum absolute atomic E-state index is 0.0427. The van der Waals surface area contributed by atoms with Crippen molar-refractivity contribution in [2.45, 2.75) is 53.2 Å². The van der Waals surface area contributed by atoms with Crippen LogP contribution in [0.4, 0.5) is 4.39 Å². The zero-order chi connectivity index (χ0) is 21.6. The molecule has 0 aliphatic carbocycles. The van der Waals surface area contributed by atoms with Crippen molar-refractivity contribution >= 4 is 11.8 Å². The van der Waals surface area contributed by atoms with E-state index in [-0.39, 0.29) is 36.8 Å². The van der Waals surface area contributed by atoms with Gasteiger partial charge in [0.25, 0.3) is 5.91 Å². The van der Waals surface area contributed by atoms with Crippen LogP contribution in [0, 0.1) is 19.7 Å². The van der Waals surface area contributed by atoms with E-state index in [2.05, 4.69) is 5.32 Å². The minimum atomic E-state index is -0.697. The third-order valence-corrected chi connectivity index (χ3v) is 4.77. The molecule has 0 saturated heterocycles. The van der Waals surface area contributed by atoms with Crippen LogP contribution >= 0.6 is 0 Å². The number of benzene rings is 2. The van der Waals surface area contributed by atoms with Crippen LogP contribution in [0.1, 0.15) is 37.5 Å². The molecule has 2 amide bonds. The zero-order valence-electron chi connectivity index (χ0n) is 17.7. The Labute approximate surface area is 171 Å². The molecule has 0 aromatic heterocycles. The lowest BCUT2D eigenvalue weighted by molar-refractivity contribution is -0.142. The molecule has 0 bridgehead atoms. The number of nitrogens with zero attached hydrogens (tertiary/aromatic N) is 1. The summed E-state index contributed by atoms with van der Waals surface area (Å²) in [5.74, 6) is -0.279. The van der Waals surface area contributed by atoms with E-state index in [1.807, 2.05) is 45.9 Å². The van der Waals surface area contributed by atoms with E-state index in [0.717, 1.165) is 16.7 Å². The molecule has 29 heavy (non-hydrogen) atoms. The molecule has 1 atom stereocenters. The molecule has 0 radical (unpaired) electrons. The van der Waals surface area contributed by atoms with Crippen LogP contribution in [-0.2, 0) is 16.1 Å². The fraction of sp³-hybridized carbons (Fsp3) is 0.391. The van der Waals surface area contributed by atoms with Gasteiger partial charge in [0, 0.05) is 12.6 Å². The summed E-state index contributed by atoms with van der Waals surface area (Å²) in [6.07, 6.45) is 0. The van der Waals surface area contributed by atoms with E-state index < -0.39 is 6.04 Å². The van der Waals surface area contributed by atoms with Gasteiger partial charge in [-0.3, -0.25) is 9.59 Å². The van der Waals surface area contributed by atoms with Gasteiger partial charge in [0.05, 0.1) is 0 Å².